The number of benzene rings is 1. The first kappa shape index (κ1) is 18.7. The number of ether oxygens (including phenoxy) is 2. The van der Waals surface area contributed by atoms with E-state index in [1.807, 2.05) is 30.3 Å². The van der Waals surface area contributed by atoms with Crippen molar-refractivity contribution in [3.8, 4) is 0 Å². The molecular formula is C18H25NO4. The van der Waals surface area contributed by atoms with E-state index in [9.17, 15) is 9.59 Å². The Morgan fingerprint density at radius 1 is 1.22 bits per heavy atom. The largest absolute Gasteiger partial charge is 0.466 e. The third-order valence-electron chi connectivity index (χ3n) is 3.01. The number of hydrogen-bond donors (Lipinski definition) is 1. The van der Waals surface area contributed by atoms with Crippen molar-refractivity contribution in [3.63, 3.8) is 0 Å². The zero-order valence-corrected chi connectivity index (χ0v) is 14.2. The lowest BCUT2D eigenvalue weighted by Gasteiger charge is -2.24. The molecule has 0 radical (unpaired) electrons. The second-order valence-corrected chi connectivity index (χ2v) is 6.33. The Morgan fingerprint density at radius 2 is 1.83 bits per heavy atom. The van der Waals surface area contributed by atoms with Crippen LogP contribution in [-0.4, -0.2) is 30.8 Å². The lowest BCUT2D eigenvalue weighted by Crippen LogP contribution is -2.40. The smallest absolute Gasteiger partial charge is 0.407 e. The van der Waals surface area contributed by atoms with Gasteiger partial charge in [-0.15, -0.1) is 0 Å². The van der Waals surface area contributed by atoms with Gasteiger partial charge in [0, 0.05) is 11.6 Å². The van der Waals surface area contributed by atoms with Crippen molar-refractivity contribution in [2.75, 3.05) is 7.11 Å². The van der Waals surface area contributed by atoms with Crippen LogP contribution in [0.15, 0.2) is 42.5 Å². The van der Waals surface area contributed by atoms with Gasteiger partial charge in [-0.05, 0) is 39.2 Å². The average Bonchev–Trinajstić information content (AvgIpc) is 2.45. The second kappa shape index (κ2) is 8.36. The van der Waals surface area contributed by atoms with Crippen LogP contribution in [0, 0.1) is 0 Å². The summed E-state index contributed by atoms with van der Waals surface area (Å²) in [7, 11) is 1.31. The topological polar surface area (TPSA) is 64.6 Å². The molecule has 1 aromatic rings. The number of amides is 1. The van der Waals surface area contributed by atoms with Crippen LogP contribution in [-0.2, 0) is 20.7 Å². The Bertz CT molecular complexity index is 546. The van der Waals surface area contributed by atoms with Gasteiger partial charge in [-0.2, -0.15) is 0 Å². The van der Waals surface area contributed by atoms with E-state index in [1.54, 1.807) is 20.8 Å². The molecule has 0 fully saturated rings. The molecule has 0 saturated heterocycles. The van der Waals surface area contributed by atoms with Crippen LogP contribution in [0.5, 0.6) is 0 Å². The van der Waals surface area contributed by atoms with E-state index in [4.69, 9.17) is 4.74 Å². The maximum Gasteiger partial charge on any atom is 0.407 e. The monoisotopic (exact) mass is 319 g/mol. The maximum absolute atomic E-state index is 12.0. The van der Waals surface area contributed by atoms with Crippen molar-refractivity contribution in [2.45, 2.75) is 45.3 Å². The van der Waals surface area contributed by atoms with Crippen molar-refractivity contribution < 1.29 is 19.1 Å². The number of nitrogens with one attached hydrogen (secondary N) is 1. The highest BCUT2D eigenvalue weighted by molar-refractivity contribution is 5.87. The molecule has 0 saturated carbocycles. The summed E-state index contributed by atoms with van der Waals surface area (Å²) in [6, 6.07) is 9.39. The van der Waals surface area contributed by atoms with Crippen molar-refractivity contribution in [2.24, 2.45) is 0 Å². The fraction of sp³-hybridized carbons (Fsp3) is 0.444. The fourth-order valence-electron chi connectivity index (χ4n) is 2.07. The molecular weight excluding hydrogens is 294 g/mol. The Hall–Kier alpha value is -2.30. The highest BCUT2D eigenvalue weighted by Gasteiger charge is 2.22. The minimum Gasteiger partial charge on any atom is -0.466 e. The normalized spacial score (nSPS) is 12.2. The van der Waals surface area contributed by atoms with E-state index in [1.165, 1.54) is 7.11 Å². The first-order valence-corrected chi connectivity index (χ1v) is 7.51. The molecule has 126 valence electrons. The molecule has 1 atom stereocenters. The number of carbonyl (C=O) groups is 2. The summed E-state index contributed by atoms with van der Waals surface area (Å²) >= 11 is 0. The predicted octanol–water partition coefficient (Wildman–Crippen LogP) is 3.24. The number of alkyl carbamates (subject to hydrolysis) is 1. The Labute approximate surface area is 137 Å². The van der Waals surface area contributed by atoms with Crippen LogP contribution in [0.2, 0.25) is 0 Å². The number of esters is 1. The minimum absolute atomic E-state index is 0.292. The van der Waals surface area contributed by atoms with E-state index in [0.29, 0.717) is 18.4 Å². The van der Waals surface area contributed by atoms with E-state index in [2.05, 4.69) is 16.6 Å². The quantitative estimate of drug-likeness (QED) is 0.646. The van der Waals surface area contributed by atoms with Gasteiger partial charge in [-0.25, -0.2) is 9.59 Å². The highest BCUT2D eigenvalue weighted by Crippen LogP contribution is 2.13. The van der Waals surface area contributed by atoms with Gasteiger partial charge in [-0.1, -0.05) is 36.9 Å². The molecule has 1 N–H and O–H groups in total. The Kier molecular flexibility index (Phi) is 6.82. The fourth-order valence-corrected chi connectivity index (χ4v) is 2.07. The average molecular weight is 319 g/mol. The molecule has 0 aliphatic rings. The van der Waals surface area contributed by atoms with E-state index >= 15 is 0 Å². The summed E-state index contributed by atoms with van der Waals surface area (Å²) in [5, 5.41) is 2.80. The summed E-state index contributed by atoms with van der Waals surface area (Å²) in [6.07, 6.45) is 0.341. The zero-order chi connectivity index (χ0) is 17.5. The Morgan fingerprint density at radius 3 is 2.35 bits per heavy atom. The molecule has 5 heteroatoms. The maximum atomic E-state index is 12.0. The molecule has 5 nitrogen and oxygen atoms in total. The molecule has 1 amide bonds. The summed E-state index contributed by atoms with van der Waals surface area (Å²) in [6.45, 7) is 9.12. The van der Waals surface area contributed by atoms with Crippen LogP contribution in [0.4, 0.5) is 4.79 Å². The van der Waals surface area contributed by atoms with Gasteiger partial charge in [0.05, 0.1) is 7.11 Å². The SMILES string of the molecule is C=C(C[C@@H](Cc1ccccc1)NC(=O)OC(C)(C)C)C(=O)OC. The van der Waals surface area contributed by atoms with Gasteiger partial charge in [-0.3, -0.25) is 0 Å². The predicted molar refractivity (Wildman–Crippen MR) is 89.1 cm³/mol. The zero-order valence-electron chi connectivity index (χ0n) is 14.2. The number of hydrogen-bond acceptors (Lipinski definition) is 4. The van der Waals surface area contributed by atoms with Gasteiger partial charge >= 0.3 is 12.1 Å². The first-order chi connectivity index (χ1) is 10.7. The molecule has 23 heavy (non-hydrogen) atoms. The summed E-state index contributed by atoms with van der Waals surface area (Å²) in [4.78, 5) is 23.5. The van der Waals surface area contributed by atoms with Gasteiger partial charge in [0.25, 0.3) is 0 Å². The molecule has 0 unspecified atom stereocenters. The van der Waals surface area contributed by atoms with Gasteiger partial charge in [0.1, 0.15) is 5.60 Å². The van der Waals surface area contributed by atoms with Crippen LogP contribution in [0.1, 0.15) is 32.8 Å². The molecule has 0 aliphatic carbocycles. The van der Waals surface area contributed by atoms with Crippen molar-refractivity contribution >= 4 is 12.1 Å². The molecule has 0 heterocycles. The molecule has 0 aromatic heterocycles. The molecule has 1 rings (SSSR count). The van der Waals surface area contributed by atoms with Gasteiger partial charge in [0.15, 0.2) is 0 Å². The third kappa shape index (κ3) is 7.49. The number of rotatable bonds is 6. The molecule has 0 spiro atoms. The molecule has 0 bridgehead atoms. The summed E-state index contributed by atoms with van der Waals surface area (Å²) in [5.41, 5.74) is 0.775. The lowest BCUT2D eigenvalue weighted by atomic mass is 10.00. The highest BCUT2D eigenvalue weighted by atomic mass is 16.6. The van der Waals surface area contributed by atoms with E-state index in [-0.39, 0.29) is 6.04 Å². The van der Waals surface area contributed by atoms with E-state index in [0.717, 1.165) is 5.56 Å². The van der Waals surface area contributed by atoms with Crippen LogP contribution < -0.4 is 5.32 Å². The van der Waals surface area contributed by atoms with Crippen LogP contribution in [0.25, 0.3) is 0 Å². The minimum atomic E-state index is -0.583. The van der Waals surface area contributed by atoms with Crippen molar-refractivity contribution in [1.82, 2.24) is 5.32 Å². The summed E-state index contributed by atoms with van der Waals surface area (Å²) in [5.74, 6) is -0.478. The van der Waals surface area contributed by atoms with Crippen molar-refractivity contribution in [1.29, 1.82) is 0 Å². The molecule has 0 aliphatic heterocycles. The van der Waals surface area contributed by atoms with Crippen LogP contribution in [0.3, 0.4) is 0 Å². The number of methoxy groups -OCH3 is 1. The second-order valence-electron chi connectivity index (χ2n) is 6.33. The summed E-state index contributed by atoms with van der Waals surface area (Å²) < 4.78 is 9.94. The van der Waals surface area contributed by atoms with Gasteiger partial charge in [0.2, 0.25) is 0 Å². The lowest BCUT2D eigenvalue weighted by molar-refractivity contribution is -0.136. The third-order valence-corrected chi connectivity index (χ3v) is 3.01. The van der Waals surface area contributed by atoms with Crippen molar-refractivity contribution in [3.05, 3.63) is 48.0 Å². The Balaban J connectivity index is 2.77. The van der Waals surface area contributed by atoms with E-state index < -0.39 is 17.7 Å². The standard InChI is InChI=1S/C18H25NO4/c1-13(16(20)22-5)11-15(12-14-9-7-6-8-10-14)19-17(21)23-18(2,3)4/h6-10,15H,1,11-12H2,2-5H3,(H,19,21)/t15-/m0/s1. The van der Waals surface area contributed by atoms with Crippen LogP contribution >= 0.6 is 0 Å². The number of carbonyl (C=O) groups excluding carboxylic acids is 2. The molecule has 1 aromatic carbocycles. The first-order valence-electron chi connectivity index (χ1n) is 7.51. The van der Waals surface area contributed by atoms with Gasteiger partial charge < -0.3 is 14.8 Å².